The first-order chi connectivity index (χ1) is 16.8. The number of likely N-dealkylation sites (N-methyl/N-ethyl adjacent to an activating group) is 1. The Balaban J connectivity index is 1.74. The molecule has 1 aliphatic rings. The van der Waals surface area contributed by atoms with Gasteiger partial charge in [0.2, 0.25) is 0 Å². The van der Waals surface area contributed by atoms with Crippen LogP contribution in [0, 0.1) is 0 Å². The standard InChI is InChI=1S/C27H34N2O6/c1-5-14-29(4)16-24-15-25(21-8-6-20(17-30)7-9-21)35-27(34-24)22-10-12-23(13-11-22)28-26(32)18(2)33-19(3)31/h5-13,18,24-25,27,30H,1,14-17H2,2-4H3,(H,28,32)/t18-,24+,25-,27-/m0/s1. The van der Waals surface area contributed by atoms with Crippen LogP contribution in [0.2, 0.25) is 0 Å². The predicted octanol–water partition coefficient (Wildman–Crippen LogP) is 3.73. The molecule has 1 amide bonds. The summed E-state index contributed by atoms with van der Waals surface area (Å²) in [5.41, 5.74) is 3.27. The van der Waals surface area contributed by atoms with Crippen LogP contribution in [0.5, 0.6) is 0 Å². The molecule has 2 N–H and O–H groups in total. The van der Waals surface area contributed by atoms with Crippen LogP contribution in [0.15, 0.2) is 61.2 Å². The zero-order valence-corrected chi connectivity index (χ0v) is 20.5. The van der Waals surface area contributed by atoms with Gasteiger partial charge in [-0.15, -0.1) is 6.58 Å². The highest BCUT2D eigenvalue weighted by molar-refractivity contribution is 5.94. The second-order valence-corrected chi connectivity index (χ2v) is 8.72. The molecule has 1 aliphatic heterocycles. The quantitative estimate of drug-likeness (QED) is 0.393. The zero-order valence-electron chi connectivity index (χ0n) is 20.5. The monoisotopic (exact) mass is 482 g/mol. The molecular weight excluding hydrogens is 448 g/mol. The minimum absolute atomic E-state index is 0.00491. The summed E-state index contributed by atoms with van der Waals surface area (Å²) < 4.78 is 17.6. The van der Waals surface area contributed by atoms with Gasteiger partial charge in [0.1, 0.15) is 0 Å². The van der Waals surface area contributed by atoms with Gasteiger partial charge in [0.05, 0.1) is 18.8 Å². The van der Waals surface area contributed by atoms with E-state index in [1.54, 1.807) is 12.1 Å². The first kappa shape index (κ1) is 26.6. The van der Waals surface area contributed by atoms with E-state index in [1.807, 2.05) is 49.5 Å². The minimum atomic E-state index is -0.886. The van der Waals surface area contributed by atoms with Crippen molar-refractivity contribution in [2.45, 2.75) is 51.5 Å². The Bertz CT molecular complexity index is 992. The van der Waals surface area contributed by atoms with Gasteiger partial charge in [0.15, 0.2) is 12.4 Å². The largest absolute Gasteiger partial charge is 0.453 e. The van der Waals surface area contributed by atoms with E-state index < -0.39 is 24.3 Å². The first-order valence-corrected chi connectivity index (χ1v) is 11.7. The van der Waals surface area contributed by atoms with Crippen molar-refractivity contribution < 1.29 is 28.9 Å². The summed E-state index contributed by atoms with van der Waals surface area (Å²) in [4.78, 5) is 25.4. The van der Waals surface area contributed by atoms with Crippen LogP contribution in [-0.2, 0) is 30.4 Å². The third-order valence-electron chi connectivity index (χ3n) is 5.73. The third kappa shape index (κ3) is 7.73. The van der Waals surface area contributed by atoms with Crippen LogP contribution in [0.4, 0.5) is 5.69 Å². The van der Waals surface area contributed by atoms with Gasteiger partial charge in [0.25, 0.3) is 5.91 Å². The molecule has 0 aliphatic carbocycles. The van der Waals surface area contributed by atoms with E-state index >= 15 is 0 Å². The number of amides is 1. The molecule has 0 saturated carbocycles. The van der Waals surface area contributed by atoms with E-state index in [0.29, 0.717) is 12.1 Å². The smallest absolute Gasteiger partial charge is 0.303 e. The molecule has 0 bridgehead atoms. The lowest BCUT2D eigenvalue weighted by Crippen LogP contribution is -2.37. The third-order valence-corrected chi connectivity index (χ3v) is 5.73. The Morgan fingerprint density at radius 2 is 1.83 bits per heavy atom. The summed E-state index contributed by atoms with van der Waals surface area (Å²) in [6.07, 6.45) is 0.843. The fourth-order valence-electron chi connectivity index (χ4n) is 3.95. The molecule has 8 heteroatoms. The average molecular weight is 483 g/mol. The van der Waals surface area contributed by atoms with Gasteiger partial charge in [0, 0.05) is 37.7 Å². The maximum absolute atomic E-state index is 12.2. The topological polar surface area (TPSA) is 97.3 Å². The van der Waals surface area contributed by atoms with E-state index in [9.17, 15) is 14.7 Å². The van der Waals surface area contributed by atoms with Crippen molar-refractivity contribution in [3.63, 3.8) is 0 Å². The molecule has 4 atom stereocenters. The first-order valence-electron chi connectivity index (χ1n) is 11.7. The van der Waals surface area contributed by atoms with Crippen molar-refractivity contribution in [3.8, 4) is 0 Å². The lowest BCUT2D eigenvalue weighted by atomic mass is 9.99. The summed E-state index contributed by atoms with van der Waals surface area (Å²) in [7, 11) is 2.02. The Morgan fingerprint density at radius 1 is 1.17 bits per heavy atom. The van der Waals surface area contributed by atoms with Crippen molar-refractivity contribution in [3.05, 3.63) is 77.9 Å². The van der Waals surface area contributed by atoms with Crippen molar-refractivity contribution in [2.75, 3.05) is 25.5 Å². The van der Waals surface area contributed by atoms with E-state index in [1.165, 1.54) is 13.8 Å². The molecule has 1 heterocycles. The Hall–Kier alpha value is -3.04. The van der Waals surface area contributed by atoms with Gasteiger partial charge in [-0.2, -0.15) is 0 Å². The molecule has 0 radical (unpaired) electrons. The second-order valence-electron chi connectivity index (χ2n) is 8.72. The Morgan fingerprint density at radius 3 is 2.43 bits per heavy atom. The van der Waals surface area contributed by atoms with Crippen molar-refractivity contribution in [1.82, 2.24) is 4.90 Å². The lowest BCUT2D eigenvalue weighted by molar-refractivity contribution is -0.252. The number of benzene rings is 2. The van der Waals surface area contributed by atoms with Crippen molar-refractivity contribution >= 4 is 17.6 Å². The zero-order chi connectivity index (χ0) is 25.4. The van der Waals surface area contributed by atoms with Crippen molar-refractivity contribution in [1.29, 1.82) is 0 Å². The number of nitrogens with zero attached hydrogens (tertiary/aromatic N) is 1. The van der Waals surface area contributed by atoms with Gasteiger partial charge in [-0.1, -0.05) is 42.5 Å². The Kier molecular flexibility index (Phi) is 9.56. The summed E-state index contributed by atoms with van der Waals surface area (Å²) >= 11 is 0. The molecule has 35 heavy (non-hydrogen) atoms. The number of aliphatic hydroxyl groups is 1. The van der Waals surface area contributed by atoms with Crippen LogP contribution in [0.1, 0.15) is 49.4 Å². The Labute approximate surface area is 206 Å². The summed E-state index contributed by atoms with van der Waals surface area (Å²) in [6, 6.07) is 15.0. The van der Waals surface area contributed by atoms with Crippen LogP contribution in [-0.4, -0.2) is 54.2 Å². The average Bonchev–Trinajstić information content (AvgIpc) is 2.84. The number of carbonyl (C=O) groups is 2. The number of anilines is 1. The number of aliphatic hydroxyl groups excluding tert-OH is 1. The van der Waals surface area contributed by atoms with Gasteiger partial charge in [-0.25, -0.2) is 0 Å². The van der Waals surface area contributed by atoms with Crippen LogP contribution in [0.3, 0.4) is 0 Å². The molecule has 0 unspecified atom stereocenters. The predicted molar refractivity (Wildman–Crippen MR) is 132 cm³/mol. The fourth-order valence-corrected chi connectivity index (χ4v) is 3.95. The fraction of sp³-hybridized carbons (Fsp3) is 0.407. The van der Waals surface area contributed by atoms with E-state index in [-0.39, 0.29) is 18.8 Å². The van der Waals surface area contributed by atoms with Gasteiger partial charge >= 0.3 is 5.97 Å². The van der Waals surface area contributed by atoms with Crippen molar-refractivity contribution in [2.24, 2.45) is 0 Å². The molecular formula is C27H34N2O6. The lowest BCUT2D eigenvalue weighted by Gasteiger charge is -2.37. The van der Waals surface area contributed by atoms with E-state index in [2.05, 4.69) is 16.8 Å². The molecule has 2 aromatic carbocycles. The molecule has 1 fully saturated rings. The number of hydrogen-bond donors (Lipinski definition) is 2. The molecule has 0 spiro atoms. The summed E-state index contributed by atoms with van der Waals surface area (Å²) in [5, 5.41) is 12.1. The number of hydrogen-bond acceptors (Lipinski definition) is 7. The number of nitrogens with one attached hydrogen (secondary N) is 1. The molecule has 188 valence electrons. The number of carbonyl (C=O) groups excluding carboxylic acids is 2. The van der Waals surface area contributed by atoms with Gasteiger partial charge in [-0.05, 0) is 37.2 Å². The maximum atomic E-state index is 12.2. The maximum Gasteiger partial charge on any atom is 0.303 e. The van der Waals surface area contributed by atoms with E-state index in [0.717, 1.165) is 29.8 Å². The summed E-state index contributed by atoms with van der Waals surface area (Å²) in [5.74, 6) is -0.918. The SMILES string of the molecule is C=CCN(C)C[C@H]1C[C@@H](c2ccc(CO)cc2)O[C@@H](c2ccc(NC(=O)[C@H](C)OC(C)=O)cc2)O1. The highest BCUT2D eigenvalue weighted by Crippen LogP contribution is 2.38. The number of ether oxygens (including phenoxy) is 3. The normalized spacial score (nSPS) is 20.8. The summed E-state index contributed by atoms with van der Waals surface area (Å²) in [6.45, 7) is 8.06. The van der Waals surface area contributed by atoms with Gasteiger partial charge < -0.3 is 29.5 Å². The van der Waals surface area contributed by atoms with E-state index in [4.69, 9.17) is 14.2 Å². The molecule has 8 nitrogen and oxygen atoms in total. The number of rotatable bonds is 10. The highest BCUT2D eigenvalue weighted by Gasteiger charge is 2.32. The van der Waals surface area contributed by atoms with Crippen LogP contribution in [0.25, 0.3) is 0 Å². The van der Waals surface area contributed by atoms with Crippen LogP contribution < -0.4 is 5.32 Å². The van der Waals surface area contributed by atoms with Crippen LogP contribution >= 0.6 is 0 Å². The molecule has 3 rings (SSSR count). The molecule has 2 aromatic rings. The van der Waals surface area contributed by atoms with Gasteiger partial charge in [-0.3, -0.25) is 9.59 Å². The number of esters is 1. The highest BCUT2D eigenvalue weighted by atomic mass is 16.7. The minimum Gasteiger partial charge on any atom is -0.453 e. The second kappa shape index (κ2) is 12.6. The molecule has 1 saturated heterocycles. The molecule has 0 aromatic heterocycles.